The van der Waals surface area contributed by atoms with E-state index in [0.29, 0.717) is 6.07 Å². The van der Waals surface area contributed by atoms with Crippen LogP contribution in [0, 0.1) is 11.6 Å². The molecule has 1 rings (SSSR count). The quantitative estimate of drug-likeness (QED) is 0.505. The van der Waals surface area contributed by atoms with E-state index in [-0.39, 0.29) is 0 Å². The molecule has 0 bridgehead atoms. The highest BCUT2D eigenvalue weighted by Gasteiger charge is 2.33. The van der Waals surface area contributed by atoms with E-state index in [1.54, 1.807) is 0 Å². The Morgan fingerprint density at radius 3 is 2.08 bits per heavy atom. The third-order valence-corrected chi connectivity index (χ3v) is 2.42. The van der Waals surface area contributed by atoms with Gasteiger partial charge in [0.05, 0.1) is 5.19 Å². The normalized spacial score (nSPS) is 11.8. The molecule has 3 N–H and O–H groups in total. The van der Waals surface area contributed by atoms with Gasteiger partial charge in [0, 0.05) is 6.07 Å². The van der Waals surface area contributed by atoms with Gasteiger partial charge in [0.2, 0.25) is 0 Å². The van der Waals surface area contributed by atoms with Gasteiger partial charge in [-0.15, -0.1) is 0 Å². The summed E-state index contributed by atoms with van der Waals surface area (Å²) >= 11 is 0. The standard InChI is InChI=1S/C6H6F2O3Si/c7-4-1-2-6(5(8)3-4)12(9,10)11/h1-3,9-11H. The maximum absolute atomic E-state index is 12.7. The van der Waals surface area contributed by atoms with E-state index < -0.39 is 25.6 Å². The number of benzene rings is 1. The summed E-state index contributed by atoms with van der Waals surface area (Å²) in [6.45, 7) is 0. The predicted molar refractivity (Wildman–Crippen MR) is 38.4 cm³/mol. The number of rotatable bonds is 1. The maximum atomic E-state index is 12.7. The summed E-state index contributed by atoms with van der Waals surface area (Å²) in [5.41, 5.74) is 0. The van der Waals surface area contributed by atoms with Gasteiger partial charge < -0.3 is 14.4 Å². The van der Waals surface area contributed by atoms with Crippen LogP contribution in [0.1, 0.15) is 0 Å². The average Bonchev–Trinajstić information content (AvgIpc) is 1.83. The van der Waals surface area contributed by atoms with Crippen LogP contribution in [0.15, 0.2) is 18.2 Å². The fraction of sp³-hybridized carbons (Fsp3) is 0. The second-order valence-corrected chi connectivity index (χ2v) is 4.07. The summed E-state index contributed by atoms with van der Waals surface area (Å²) < 4.78 is 24.9. The fourth-order valence-corrected chi connectivity index (χ4v) is 1.46. The van der Waals surface area contributed by atoms with E-state index in [0.717, 1.165) is 12.1 Å². The summed E-state index contributed by atoms with van der Waals surface area (Å²) in [5.74, 6) is -2.00. The largest absolute Gasteiger partial charge is 0.532 e. The van der Waals surface area contributed by atoms with Gasteiger partial charge >= 0.3 is 8.80 Å². The highest BCUT2D eigenvalue weighted by atomic mass is 28.4. The zero-order valence-corrected chi connectivity index (χ0v) is 6.83. The Morgan fingerprint density at radius 1 is 1.08 bits per heavy atom. The van der Waals surface area contributed by atoms with Crippen molar-refractivity contribution in [2.75, 3.05) is 0 Å². The minimum Gasteiger partial charge on any atom is -0.386 e. The Morgan fingerprint density at radius 2 is 1.67 bits per heavy atom. The Kier molecular flexibility index (Phi) is 2.24. The van der Waals surface area contributed by atoms with E-state index in [4.69, 9.17) is 14.4 Å². The molecule has 0 spiro atoms. The maximum Gasteiger partial charge on any atom is 0.532 e. The van der Waals surface area contributed by atoms with Gasteiger partial charge in [-0.25, -0.2) is 8.78 Å². The number of hydrogen-bond donors (Lipinski definition) is 3. The number of hydrogen-bond acceptors (Lipinski definition) is 3. The molecule has 1 aromatic carbocycles. The predicted octanol–water partition coefficient (Wildman–Crippen LogP) is -0.912. The molecule has 6 heteroatoms. The molecule has 0 unspecified atom stereocenters. The minimum absolute atomic E-state index is 0.472. The van der Waals surface area contributed by atoms with Crippen LogP contribution < -0.4 is 5.19 Å². The lowest BCUT2D eigenvalue weighted by Gasteiger charge is -2.09. The van der Waals surface area contributed by atoms with E-state index in [2.05, 4.69) is 0 Å². The van der Waals surface area contributed by atoms with Gasteiger partial charge in [-0.1, -0.05) is 0 Å². The highest BCUT2D eigenvalue weighted by Crippen LogP contribution is 2.02. The van der Waals surface area contributed by atoms with Crippen molar-refractivity contribution in [2.24, 2.45) is 0 Å². The van der Waals surface area contributed by atoms with Crippen LogP contribution >= 0.6 is 0 Å². The van der Waals surface area contributed by atoms with Crippen LogP contribution in [0.2, 0.25) is 0 Å². The molecule has 0 aliphatic heterocycles. The summed E-state index contributed by atoms with van der Waals surface area (Å²) in [4.78, 5) is 25.9. The van der Waals surface area contributed by atoms with Crippen LogP contribution in [0.4, 0.5) is 8.78 Å². The SMILES string of the molecule is O[Si](O)(O)c1ccc(F)cc1F. The van der Waals surface area contributed by atoms with Gasteiger partial charge in [-0.3, -0.25) is 0 Å². The van der Waals surface area contributed by atoms with Crippen LogP contribution in [0.25, 0.3) is 0 Å². The van der Waals surface area contributed by atoms with Crippen molar-refractivity contribution in [3.8, 4) is 0 Å². The molecular formula is C6H6F2O3Si. The lowest BCUT2D eigenvalue weighted by Crippen LogP contribution is -2.50. The first-order valence-corrected chi connectivity index (χ1v) is 4.88. The third kappa shape index (κ3) is 1.86. The second kappa shape index (κ2) is 2.90. The summed E-state index contributed by atoms with van der Waals surface area (Å²) in [6, 6.07) is 2.11. The molecule has 0 aromatic heterocycles. The van der Waals surface area contributed by atoms with Crippen molar-refractivity contribution in [1.82, 2.24) is 0 Å². The van der Waals surface area contributed by atoms with Crippen molar-refractivity contribution >= 4 is 14.0 Å². The summed E-state index contributed by atoms with van der Waals surface area (Å²) in [7, 11) is -4.64. The number of halogens is 2. The van der Waals surface area contributed by atoms with Gasteiger partial charge in [-0.05, 0) is 12.1 Å². The highest BCUT2D eigenvalue weighted by molar-refractivity contribution is 6.71. The molecule has 0 saturated carbocycles. The molecule has 0 aliphatic carbocycles. The zero-order chi connectivity index (χ0) is 9.35. The van der Waals surface area contributed by atoms with Gasteiger partial charge in [0.25, 0.3) is 0 Å². The molecule has 0 aliphatic rings. The Bertz CT molecular complexity index is 297. The van der Waals surface area contributed by atoms with E-state index in [1.165, 1.54) is 0 Å². The molecule has 0 heterocycles. The lowest BCUT2D eigenvalue weighted by molar-refractivity contribution is 0.248. The lowest BCUT2D eigenvalue weighted by atomic mass is 10.3. The van der Waals surface area contributed by atoms with Crippen molar-refractivity contribution < 1.29 is 23.2 Å². The molecule has 12 heavy (non-hydrogen) atoms. The second-order valence-electron chi connectivity index (χ2n) is 2.26. The van der Waals surface area contributed by atoms with Crippen LogP contribution in [-0.2, 0) is 0 Å². The molecule has 0 amide bonds. The summed E-state index contributed by atoms with van der Waals surface area (Å²) in [5, 5.41) is -0.649. The molecule has 0 atom stereocenters. The van der Waals surface area contributed by atoms with E-state index in [9.17, 15) is 8.78 Å². The Labute approximate surface area is 67.9 Å². The van der Waals surface area contributed by atoms with Gasteiger partial charge in [-0.2, -0.15) is 0 Å². The molecule has 0 fully saturated rings. The van der Waals surface area contributed by atoms with Gasteiger partial charge in [0.1, 0.15) is 11.6 Å². The Hall–Kier alpha value is -0.823. The Balaban J connectivity index is 3.19. The summed E-state index contributed by atoms with van der Waals surface area (Å²) in [6.07, 6.45) is 0. The fourth-order valence-electron chi connectivity index (χ4n) is 0.761. The molecular weight excluding hydrogens is 186 g/mol. The van der Waals surface area contributed by atoms with Crippen molar-refractivity contribution in [3.05, 3.63) is 29.8 Å². The minimum atomic E-state index is -4.64. The topological polar surface area (TPSA) is 60.7 Å². The van der Waals surface area contributed by atoms with Crippen molar-refractivity contribution in [3.63, 3.8) is 0 Å². The monoisotopic (exact) mass is 192 g/mol. The van der Waals surface area contributed by atoms with Crippen LogP contribution in [0.3, 0.4) is 0 Å². The first-order valence-electron chi connectivity index (χ1n) is 3.04. The van der Waals surface area contributed by atoms with Gasteiger partial charge in [0.15, 0.2) is 0 Å². The molecule has 0 saturated heterocycles. The molecule has 0 radical (unpaired) electrons. The smallest absolute Gasteiger partial charge is 0.386 e. The third-order valence-electron chi connectivity index (χ3n) is 1.29. The van der Waals surface area contributed by atoms with Crippen LogP contribution in [-0.4, -0.2) is 23.2 Å². The van der Waals surface area contributed by atoms with Crippen LogP contribution in [0.5, 0.6) is 0 Å². The first kappa shape index (κ1) is 9.27. The van der Waals surface area contributed by atoms with E-state index >= 15 is 0 Å². The zero-order valence-electron chi connectivity index (χ0n) is 5.83. The molecule has 66 valence electrons. The van der Waals surface area contributed by atoms with Crippen molar-refractivity contribution in [2.45, 2.75) is 0 Å². The van der Waals surface area contributed by atoms with E-state index in [1.807, 2.05) is 0 Å². The molecule has 1 aromatic rings. The van der Waals surface area contributed by atoms with Crippen molar-refractivity contribution in [1.29, 1.82) is 0 Å². The average molecular weight is 192 g/mol. The first-order chi connectivity index (χ1) is 5.41. The molecule has 3 nitrogen and oxygen atoms in total.